The van der Waals surface area contributed by atoms with Crippen LogP contribution in [0.3, 0.4) is 0 Å². The highest BCUT2D eigenvalue weighted by molar-refractivity contribution is 6.02. The molecule has 0 radical (unpaired) electrons. The predicted molar refractivity (Wildman–Crippen MR) is 118 cm³/mol. The van der Waals surface area contributed by atoms with E-state index in [9.17, 15) is 4.79 Å². The first kappa shape index (κ1) is 20.2. The van der Waals surface area contributed by atoms with Gasteiger partial charge < -0.3 is 19.4 Å². The molecule has 0 fully saturated rings. The summed E-state index contributed by atoms with van der Waals surface area (Å²) in [6, 6.07) is 9.28. The van der Waals surface area contributed by atoms with Gasteiger partial charge in [0.1, 0.15) is 16.9 Å². The van der Waals surface area contributed by atoms with Crippen molar-refractivity contribution in [3.05, 3.63) is 52.2 Å². The summed E-state index contributed by atoms with van der Waals surface area (Å²) in [7, 11) is 4.04. The summed E-state index contributed by atoms with van der Waals surface area (Å²) in [5.41, 5.74) is 2.27. The van der Waals surface area contributed by atoms with Crippen molar-refractivity contribution < 1.29 is 9.15 Å². The molecule has 4 rings (SSSR count). The Morgan fingerprint density at radius 1 is 1.18 bits per heavy atom. The van der Waals surface area contributed by atoms with Crippen LogP contribution < -0.4 is 15.5 Å². The standard InChI is InChI=1S/C22H24N2O3.ClH/c1-22(2)10-9-15-18(27-22)13-16(23-11-12-24(3)4)19-20(25)14-7-5-6-8-17(14)26-21(15)19;/h5-10,13,23H,11-12H2,1-4H3;1H. The van der Waals surface area contributed by atoms with Crippen LogP contribution in [0.25, 0.3) is 28.0 Å². The van der Waals surface area contributed by atoms with Crippen LogP contribution in [0.2, 0.25) is 0 Å². The Labute approximate surface area is 170 Å². The van der Waals surface area contributed by atoms with Crippen LogP contribution in [0, 0.1) is 0 Å². The lowest BCUT2D eigenvalue weighted by molar-refractivity contribution is 0.159. The number of rotatable bonds is 4. The third-order valence-electron chi connectivity index (χ3n) is 4.75. The Morgan fingerprint density at radius 2 is 1.93 bits per heavy atom. The minimum absolute atomic E-state index is 0. The van der Waals surface area contributed by atoms with Gasteiger partial charge in [-0.25, -0.2) is 0 Å². The first-order valence-electron chi connectivity index (χ1n) is 9.15. The number of halogens is 1. The molecule has 0 spiro atoms. The fourth-order valence-electron chi connectivity index (χ4n) is 3.37. The monoisotopic (exact) mass is 400 g/mol. The van der Waals surface area contributed by atoms with E-state index in [2.05, 4.69) is 10.2 Å². The van der Waals surface area contributed by atoms with Crippen molar-refractivity contribution in [2.75, 3.05) is 32.5 Å². The lowest BCUT2D eigenvalue weighted by Crippen LogP contribution is -2.28. The van der Waals surface area contributed by atoms with E-state index in [1.165, 1.54) is 0 Å². The van der Waals surface area contributed by atoms with Gasteiger partial charge in [0.25, 0.3) is 0 Å². The van der Waals surface area contributed by atoms with Gasteiger partial charge in [0.15, 0.2) is 5.58 Å². The Hall–Kier alpha value is -2.50. The summed E-state index contributed by atoms with van der Waals surface area (Å²) in [5.74, 6) is 0.723. The molecule has 0 aliphatic carbocycles. The highest BCUT2D eigenvalue weighted by Crippen LogP contribution is 2.40. The molecule has 1 N–H and O–H groups in total. The van der Waals surface area contributed by atoms with Crippen molar-refractivity contribution in [2.24, 2.45) is 0 Å². The molecule has 0 bridgehead atoms. The molecule has 6 heteroatoms. The SMILES string of the molecule is CN(C)CCNc1cc2c(c3oc4ccccc4c(=O)c13)C=CC(C)(C)O2.Cl. The fourth-order valence-corrected chi connectivity index (χ4v) is 3.37. The van der Waals surface area contributed by atoms with Crippen LogP contribution >= 0.6 is 12.4 Å². The molecule has 1 aromatic heterocycles. The summed E-state index contributed by atoms with van der Waals surface area (Å²) < 4.78 is 12.3. The molecule has 1 aliphatic rings. The van der Waals surface area contributed by atoms with E-state index >= 15 is 0 Å². The summed E-state index contributed by atoms with van der Waals surface area (Å²) in [6.07, 6.45) is 3.98. The fraction of sp³-hybridized carbons (Fsp3) is 0.318. The van der Waals surface area contributed by atoms with Crippen LogP contribution in [0.1, 0.15) is 19.4 Å². The van der Waals surface area contributed by atoms with E-state index in [1.807, 2.05) is 64.4 Å². The lowest BCUT2D eigenvalue weighted by Gasteiger charge is -2.28. The number of fused-ring (bicyclic) bond motifs is 4. The van der Waals surface area contributed by atoms with E-state index in [-0.39, 0.29) is 17.8 Å². The number of para-hydroxylation sites is 1. The largest absolute Gasteiger partial charge is 0.483 e. The van der Waals surface area contributed by atoms with E-state index < -0.39 is 5.60 Å². The lowest BCUT2D eigenvalue weighted by atomic mass is 9.99. The molecule has 0 amide bonds. The highest BCUT2D eigenvalue weighted by atomic mass is 35.5. The van der Waals surface area contributed by atoms with E-state index in [0.717, 1.165) is 23.5 Å². The second kappa shape index (κ2) is 7.49. The summed E-state index contributed by atoms with van der Waals surface area (Å²) >= 11 is 0. The third kappa shape index (κ3) is 3.60. The Kier molecular flexibility index (Phi) is 5.41. The quantitative estimate of drug-likeness (QED) is 0.652. The number of benzene rings is 2. The molecule has 2 heterocycles. The molecule has 3 aromatic rings. The van der Waals surface area contributed by atoms with Gasteiger partial charge in [-0.2, -0.15) is 0 Å². The molecule has 28 heavy (non-hydrogen) atoms. The van der Waals surface area contributed by atoms with Gasteiger partial charge in [-0.3, -0.25) is 4.79 Å². The summed E-state index contributed by atoms with van der Waals surface area (Å²) in [4.78, 5) is 15.3. The molecule has 1 aliphatic heterocycles. The van der Waals surface area contributed by atoms with Crippen molar-refractivity contribution >= 4 is 46.1 Å². The Balaban J connectivity index is 0.00000225. The number of nitrogens with one attached hydrogen (secondary N) is 1. The normalized spacial score (nSPS) is 14.6. The molecular weight excluding hydrogens is 376 g/mol. The van der Waals surface area contributed by atoms with Gasteiger partial charge in [-0.1, -0.05) is 12.1 Å². The predicted octanol–water partition coefficient (Wildman–Crippen LogP) is 4.53. The number of likely N-dealkylation sites (N-methyl/N-ethyl adjacent to an activating group) is 1. The maximum absolute atomic E-state index is 13.2. The molecule has 0 saturated heterocycles. The molecule has 148 valence electrons. The Bertz CT molecular complexity index is 1120. The van der Waals surface area contributed by atoms with E-state index in [1.54, 1.807) is 6.07 Å². The minimum atomic E-state index is -0.404. The van der Waals surface area contributed by atoms with E-state index in [4.69, 9.17) is 9.15 Å². The zero-order valence-electron chi connectivity index (χ0n) is 16.5. The maximum Gasteiger partial charge on any atom is 0.202 e. The molecule has 5 nitrogen and oxygen atoms in total. The van der Waals surface area contributed by atoms with Crippen LogP contribution in [0.15, 0.2) is 45.6 Å². The third-order valence-corrected chi connectivity index (χ3v) is 4.75. The van der Waals surface area contributed by atoms with Gasteiger partial charge in [-0.15, -0.1) is 12.4 Å². The van der Waals surface area contributed by atoms with Crippen molar-refractivity contribution in [3.63, 3.8) is 0 Å². The zero-order valence-corrected chi connectivity index (χ0v) is 17.4. The van der Waals surface area contributed by atoms with Crippen LogP contribution in [0.5, 0.6) is 5.75 Å². The molecular formula is C22H25ClN2O3. The van der Waals surface area contributed by atoms with Crippen molar-refractivity contribution in [3.8, 4) is 5.75 Å². The van der Waals surface area contributed by atoms with Crippen molar-refractivity contribution in [1.29, 1.82) is 0 Å². The number of hydrogen-bond acceptors (Lipinski definition) is 5. The zero-order chi connectivity index (χ0) is 19.2. The van der Waals surface area contributed by atoms with Crippen molar-refractivity contribution in [1.82, 2.24) is 4.90 Å². The van der Waals surface area contributed by atoms with Gasteiger partial charge in [0, 0.05) is 19.2 Å². The first-order chi connectivity index (χ1) is 12.9. The van der Waals surface area contributed by atoms with Crippen LogP contribution in [0.4, 0.5) is 5.69 Å². The minimum Gasteiger partial charge on any atom is -0.483 e. The van der Waals surface area contributed by atoms with E-state index in [0.29, 0.717) is 28.5 Å². The van der Waals surface area contributed by atoms with Gasteiger partial charge in [0.05, 0.1) is 22.0 Å². The first-order valence-corrected chi connectivity index (χ1v) is 9.15. The summed E-state index contributed by atoms with van der Waals surface area (Å²) in [6.45, 7) is 5.58. The Morgan fingerprint density at radius 3 is 2.68 bits per heavy atom. The number of anilines is 1. The van der Waals surface area contributed by atoms with Crippen LogP contribution in [-0.2, 0) is 0 Å². The number of nitrogens with zero attached hydrogens (tertiary/aromatic N) is 1. The maximum atomic E-state index is 13.2. The smallest absolute Gasteiger partial charge is 0.202 e. The molecule has 0 atom stereocenters. The second-order valence-corrected chi connectivity index (χ2v) is 7.74. The van der Waals surface area contributed by atoms with Crippen LogP contribution in [-0.4, -0.2) is 37.7 Å². The summed E-state index contributed by atoms with van der Waals surface area (Å²) in [5, 5.41) is 4.55. The highest BCUT2D eigenvalue weighted by Gasteiger charge is 2.26. The molecule has 0 unspecified atom stereocenters. The van der Waals surface area contributed by atoms with Gasteiger partial charge in [0.2, 0.25) is 5.43 Å². The number of ether oxygens (including phenoxy) is 1. The van der Waals surface area contributed by atoms with Gasteiger partial charge >= 0.3 is 0 Å². The topological polar surface area (TPSA) is 54.7 Å². The van der Waals surface area contributed by atoms with Crippen molar-refractivity contribution in [2.45, 2.75) is 19.4 Å². The number of hydrogen-bond donors (Lipinski definition) is 1. The average Bonchev–Trinajstić information content (AvgIpc) is 2.60. The molecule has 2 aromatic carbocycles. The second-order valence-electron chi connectivity index (χ2n) is 7.74. The molecule has 0 saturated carbocycles. The average molecular weight is 401 g/mol. The van der Waals surface area contributed by atoms with Gasteiger partial charge in [-0.05, 0) is 52.2 Å².